The zero-order chi connectivity index (χ0) is 13.6. The Bertz CT molecular complexity index is 392. The van der Waals surface area contributed by atoms with Gasteiger partial charge in [0.25, 0.3) is 0 Å². The van der Waals surface area contributed by atoms with Gasteiger partial charge in [-0.05, 0) is 28.8 Å². The number of unbranched alkanes of at least 4 members (excludes halogenated alkanes) is 1. The summed E-state index contributed by atoms with van der Waals surface area (Å²) < 4.78 is 35.5. The summed E-state index contributed by atoms with van der Waals surface area (Å²) in [7, 11) is 0. The third kappa shape index (κ3) is 5.46. The first-order valence-corrected chi connectivity index (χ1v) is 5.29. The minimum absolute atomic E-state index is 0.0525. The minimum atomic E-state index is -4.12. The van der Waals surface area contributed by atoms with Crippen molar-refractivity contribution in [1.29, 1.82) is 0 Å². The molecule has 0 fully saturated rings. The molecule has 18 heavy (non-hydrogen) atoms. The van der Waals surface area contributed by atoms with Gasteiger partial charge < -0.3 is 15.4 Å². The number of nitro groups is 1. The van der Waals surface area contributed by atoms with Gasteiger partial charge in [-0.2, -0.15) is 13.2 Å². The number of rotatable bonds is 6. The van der Waals surface area contributed by atoms with Gasteiger partial charge in [-0.25, -0.2) is 0 Å². The monoisotopic (exact) mass is 263 g/mol. The largest absolute Gasteiger partial charge is 0.389 e. The van der Waals surface area contributed by atoms with E-state index in [4.69, 9.17) is 0 Å². The highest BCUT2D eigenvalue weighted by Gasteiger charge is 2.25. The summed E-state index contributed by atoms with van der Waals surface area (Å²) in [5.74, 6) is -0.266. The zero-order valence-electron chi connectivity index (χ0n) is 9.41. The summed E-state index contributed by atoms with van der Waals surface area (Å²) in [5.41, 5.74) is 0.549. The van der Waals surface area contributed by atoms with Gasteiger partial charge in [0.15, 0.2) is 6.20 Å². The lowest BCUT2D eigenvalue weighted by Crippen LogP contribution is -2.08. The molecule has 1 aromatic heterocycles. The molecule has 0 radical (unpaired) electrons. The van der Waals surface area contributed by atoms with E-state index in [1.54, 1.807) is 0 Å². The molecule has 0 saturated carbocycles. The molecular weight excluding hydrogens is 251 g/mol. The molecule has 1 heterocycles. The standard InChI is InChI=1S/C10H12F3N3O2/c11-10(12,13)5-1-2-6-14-8-3-4-9(15-7-8)16(17)18/h3-4,7,14H,1-2,5-6H2. The summed E-state index contributed by atoms with van der Waals surface area (Å²) in [4.78, 5) is 13.3. The number of hydrogen-bond donors (Lipinski definition) is 1. The fraction of sp³-hybridized carbons (Fsp3) is 0.500. The molecule has 1 rings (SSSR count). The summed E-state index contributed by atoms with van der Waals surface area (Å²) in [6, 6.07) is 2.70. The van der Waals surface area contributed by atoms with Crippen LogP contribution in [0.3, 0.4) is 0 Å². The Hall–Kier alpha value is -1.86. The lowest BCUT2D eigenvalue weighted by atomic mass is 10.2. The maximum Gasteiger partial charge on any atom is 0.389 e. The fourth-order valence-corrected chi connectivity index (χ4v) is 1.28. The number of nitrogens with zero attached hydrogens (tertiary/aromatic N) is 2. The molecule has 1 N–H and O–H groups in total. The van der Waals surface area contributed by atoms with Gasteiger partial charge in [0, 0.05) is 19.0 Å². The van der Waals surface area contributed by atoms with E-state index < -0.39 is 17.5 Å². The third-order valence-electron chi connectivity index (χ3n) is 2.15. The first kappa shape index (κ1) is 14.2. The number of aromatic nitrogens is 1. The molecule has 0 spiro atoms. The van der Waals surface area contributed by atoms with E-state index in [1.165, 1.54) is 18.3 Å². The van der Waals surface area contributed by atoms with Gasteiger partial charge >= 0.3 is 12.0 Å². The molecule has 100 valence electrons. The van der Waals surface area contributed by atoms with Crippen LogP contribution < -0.4 is 5.32 Å². The van der Waals surface area contributed by atoms with Crippen molar-refractivity contribution in [3.8, 4) is 0 Å². The maximum absolute atomic E-state index is 11.8. The second-order valence-electron chi connectivity index (χ2n) is 3.66. The van der Waals surface area contributed by atoms with Gasteiger partial charge in [0.05, 0.1) is 5.69 Å². The average Bonchev–Trinajstić information content (AvgIpc) is 2.27. The van der Waals surface area contributed by atoms with Crippen LogP contribution in [-0.4, -0.2) is 22.6 Å². The smallest absolute Gasteiger partial charge is 0.382 e. The minimum Gasteiger partial charge on any atom is -0.382 e. The number of halogens is 3. The van der Waals surface area contributed by atoms with Crippen molar-refractivity contribution in [3.05, 3.63) is 28.4 Å². The van der Waals surface area contributed by atoms with E-state index in [9.17, 15) is 23.3 Å². The summed E-state index contributed by atoms with van der Waals surface area (Å²) in [6.07, 6.45) is -3.21. The van der Waals surface area contributed by atoms with Crippen LogP contribution in [0.2, 0.25) is 0 Å². The Morgan fingerprint density at radius 2 is 2.06 bits per heavy atom. The van der Waals surface area contributed by atoms with Crippen molar-refractivity contribution in [2.75, 3.05) is 11.9 Å². The Morgan fingerprint density at radius 1 is 1.33 bits per heavy atom. The van der Waals surface area contributed by atoms with Crippen LogP contribution in [0.1, 0.15) is 19.3 Å². The van der Waals surface area contributed by atoms with Crippen LogP contribution in [0, 0.1) is 10.1 Å². The van der Waals surface area contributed by atoms with Gasteiger partial charge in [-0.3, -0.25) is 0 Å². The van der Waals surface area contributed by atoms with Crippen molar-refractivity contribution in [3.63, 3.8) is 0 Å². The van der Waals surface area contributed by atoms with Crippen molar-refractivity contribution in [1.82, 2.24) is 4.98 Å². The van der Waals surface area contributed by atoms with E-state index >= 15 is 0 Å². The lowest BCUT2D eigenvalue weighted by molar-refractivity contribution is -0.389. The SMILES string of the molecule is O=[N+]([O-])c1ccc(NCCCCC(F)(F)F)cn1. The van der Waals surface area contributed by atoms with Crippen molar-refractivity contribution < 1.29 is 18.1 Å². The predicted octanol–water partition coefficient (Wildman–Crippen LogP) is 3.13. The Kier molecular flexibility index (Phi) is 4.87. The fourth-order valence-electron chi connectivity index (χ4n) is 1.28. The number of anilines is 1. The molecular formula is C10H12F3N3O2. The first-order valence-electron chi connectivity index (χ1n) is 5.29. The Morgan fingerprint density at radius 3 is 2.56 bits per heavy atom. The van der Waals surface area contributed by atoms with Crippen molar-refractivity contribution >= 4 is 11.5 Å². The number of pyridine rings is 1. The van der Waals surface area contributed by atoms with Crippen LogP contribution in [0.4, 0.5) is 24.7 Å². The predicted molar refractivity (Wildman–Crippen MR) is 59.3 cm³/mol. The Balaban J connectivity index is 2.25. The van der Waals surface area contributed by atoms with Crippen LogP contribution in [0.15, 0.2) is 18.3 Å². The molecule has 0 unspecified atom stereocenters. The highest BCUT2D eigenvalue weighted by molar-refractivity contribution is 5.43. The molecule has 0 saturated heterocycles. The van der Waals surface area contributed by atoms with Crippen molar-refractivity contribution in [2.45, 2.75) is 25.4 Å². The number of nitrogens with one attached hydrogen (secondary N) is 1. The number of hydrogen-bond acceptors (Lipinski definition) is 4. The highest BCUT2D eigenvalue weighted by atomic mass is 19.4. The van der Waals surface area contributed by atoms with E-state index in [1.807, 2.05) is 0 Å². The number of alkyl halides is 3. The molecule has 0 bridgehead atoms. The normalized spacial score (nSPS) is 11.3. The first-order chi connectivity index (χ1) is 8.38. The molecule has 0 aliphatic rings. The van der Waals surface area contributed by atoms with E-state index in [-0.39, 0.29) is 12.2 Å². The third-order valence-corrected chi connectivity index (χ3v) is 2.15. The molecule has 1 aromatic rings. The van der Waals surface area contributed by atoms with Gasteiger partial charge in [-0.1, -0.05) is 0 Å². The van der Waals surface area contributed by atoms with Crippen LogP contribution >= 0.6 is 0 Å². The second-order valence-corrected chi connectivity index (χ2v) is 3.66. The van der Waals surface area contributed by atoms with Gasteiger partial charge in [0.2, 0.25) is 0 Å². The van der Waals surface area contributed by atoms with Crippen LogP contribution in [0.5, 0.6) is 0 Å². The summed E-state index contributed by atoms with van der Waals surface area (Å²) in [6.45, 7) is 0.371. The Labute approximate surface area is 101 Å². The van der Waals surface area contributed by atoms with Gasteiger partial charge in [-0.15, -0.1) is 0 Å². The summed E-state index contributed by atoms with van der Waals surface area (Å²) in [5, 5.41) is 13.2. The maximum atomic E-state index is 11.8. The van der Waals surface area contributed by atoms with E-state index in [2.05, 4.69) is 10.3 Å². The topological polar surface area (TPSA) is 68.1 Å². The van der Waals surface area contributed by atoms with Crippen LogP contribution in [-0.2, 0) is 0 Å². The second kappa shape index (κ2) is 6.18. The van der Waals surface area contributed by atoms with Crippen LogP contribution in [0.25, 0.3) is 0 Å². The molecule has 0 atom stereocenters. The lowest BCUT2D eigenvalue weighted by Gasteiger charge is -2.06. The van der Waals surface area contributed by atoms with Crippen molar-refractivity contribution in [2.24, 2.45) is 0 Å². The molecule has 8 heteroatoms. The molecule has 0 aliphatic heterocycles. The average molecular weight is 263 g/mol. The van der Waals surface area contributed by atoms with Gasteiger partial charge in [0.1, 0.15) is 0 Å². The molecule has 0 aliphatic carbocycles. The highest BCUT2D eigenvalue weighted by Crippen LogP contribution is 2.22. The molecule has 0 aromatic carbocycles. The van der Waals surface area contributed by atoms with E-state index in [0.717, 1.165) is 0 Å². The zero-order valence-corrected chi connectivity index (χ0v) is 9.41. The molecule has 5 nitrogen and oxygen atoms in total. The summed E-state index contributed by atoms with van der Waals surface area (Å²) >= 11 is 0. The molecule has 0 amide bonds. The quantitative estimate of drug-likeness (QED) is 0.486. The van der Waals surface area contributed by atoms with E-state index in [0.29, 0.717) is 18.7 Å².